The van der Waals surface area contributed by atoms with Gasteiger partial charge in [-0.1, -0.05) is 12.1 Å². The summed E-state index contributed by atoms with van der Waals surface area (Å²) in [6, 6.07) is 6.77. The zero-order chi connectivity index (χ0) is 15.6. The number of esters is 1. The monoisotopic (exact) mass is 293 g/mol. The molecule has 0 saturated heterocycles. The first kappa shape index (κ1) is 14.6. The van der Waals surface area contributed by atoms with E-state index < -0.39 is 28.2 Å². The van der Waals surface area contributed by atoms with Crippen molar-refractivity contribution >= 4 is 11.7 Å². The molecule has 108 valence electrons. The van der Waals surface area contributed by atoms with Crippen LogP contribution in [0.4, 0.5) is 14.5 Å². The van der Waals surface area contributed by atoms with Crippen LogP contribution in [0.5, 0.6) is 0 Å². The first-order chi connectivity index (χ1) is 9.95. The summed E-state index contributed by atoms with van der Waals surface area (Å²) < 4.78 is 31.5. The van der Waals surface area contributed by atoms with Crippen molar-refractivity contribution < 1.29 is 23.2 Å². The average molecular weight is 293 g/mol. The molecule has 0 bridgehead atoms. The molecule has 0 aliphatic carbocycles. The number of halogens is 2. The van der Waals surface area contributed by atoms with E-state index in [9.17, 15) is 23.7 Å². The van der Waals surface area contributed by atoms with Crippen molar-refractivity contribution in [3.8, 4) is 11.1 Å². The Morgan fingerprint density at radius 1 is 1.19 bits per heavy atom. The molecule has 0 unspecified atom stereocenters. The Morgan fingerprint density at radius 3 is 2.52 bits per heavy atom. The molecule has 0 amide bonds. The van der Waals surface area contributed by atoms with Gasteiger partial charge in [0.05, 0.1) is 23.2 Å². The summed E-state index contributed by atoms with van der Waals surface area (Å²) in [5.41, 5.74) is -0.935. The van der Waals surface area contributed by atoms with Crippen molar-refractivity contribution in [1.82, 2.24) is 0 Å². The molecule has 0 heterocycles. The molecule has 2 aromatic carbocycles. The normalized spacial score (nSPS) is 10.2. The molecule has 2 rings (SSSR count). The van der Waals surface area contributed by atoms with Gasteiger partial charge in [0, 0.05) is 11.6 Å². The number of nitro benzene ring substituents is 1. The van der Waals surface area contributed by atoms with Crippen LogP contribution < -0.4 is 0 Å². The van der Waals surface area contributed by atoms with Crippen LogP contribution in [0.2, 0.25) is 0 Å². The highest BCUT2D eigenvalue weighted by atomic mass is 19.2. The van der Waals surface area contributed by atoms with Crippen LogP contribution in [0.3, 0.4) is 0 Å². The molecule has 0 fully saturated rings. The number of methoxy groups -OCH3 is 1. The lowest BCUT2D eigenvalue weighted by Crippen LogP contribution is -2.03. The summed E-state index contributed by atoms with van der Waals surface area (Å²) in [5.74, 6) is -3.06. The van der Waals surface area contributed by atoms with E-state index in [0.717, 1.165) is 19.2 Å². The Morgan fingerprint density at radius 2 is 1.90 bits per heavy atom. The van der Waals surface area contributed by atoms with Gasteiger partial charge >= 0.3 is 5.97 Å². The molecule has 0 aromatic heterocycles. The smallest absolute Gasteiger partial charge is 0.338 e. The van der Waals surface area contributed by atoms with Crippen molar-refractivity contribution in [2.75, 3.05) is 7.11 Å². The van der Waals surface area contributed by atoms with Crippen molar-refractivity contribution in [3.05, 3.63) is 63.7 Å². The summed E-state index contributed by atoms with van der Waals surface area (Å²) in [5, 5.41) is 11.1. The molecule has 21 heavy (non-hydrogen) atoms. The first-order valence-electron chi connectivity index (χ1n) is 5.77. The quantitative estimate of drug-likeness (QED) is 0.494. The van der Waals surface area contributed by atoms with E-state index in [1.54, 1.807) is 0 Å². The highest BCUT2D eigenvalue weighted by molar-refractivity contribution is 5.92. The van der Waals surface area contributed by atoms with Gasteiger partial charge in [0.15, 0.2) is 11.6 Å². The first-order valence-corrected chi connectivity index (χ1v) is 5.77. The van der Waals surface area contributed by atoms with Crippen LogP contribution in [0.25, 0.3) is 11.1 Å². The summed E-state index contributed by atoms with van der Waals surface area (Å²) in [6.07, 6.45) is 0. The molecular formula is C14H9F2NO4. The Bertz CT molecular complexity index is 731. The maximum Gasteiger partial charge on any atom is 0.338 e. The Labute approximate surface area is 117 Å². The van der Waals surface area contributed by atoms with E-state index in [4.69, 9.17) is 0 Å². The van der Waals surface area contributed by atoms with Crippen molar-refractivity contribution in [3.63, 3.8) is 0 Å². The SMILES string of the molecule is COC(=O)c1ccc(-c2cccc(F)c2F)c([N+](=O)[O-])c1. The number of hydrogen-bond acceptors (Lipinski definition) is 4. The van der Waals surface area contributed by atoms with Gasteiger partial charge in [-0.2, -0.15) is 0 Å². The minimum atomic E-state index is -1.19. The molecule has 0 saturated carbocycles. The molecule has 0 spiro atoms. The third kappa shape index (κ3) is 2.71. The number of carbonyl (C=O) groups excluding carboxylic acids is 1. The number of ether oxygens (including phenoxy) is 1. The molecule has 0 N–H and O–H groups in total. The number of hydrogen-bond donors (Lipinski definition) is 0. The zero-order valence-corrected chi connectivity index (χ0v) is 10.8. The fraction of sp³-hybridized carbons (Fsp3) is 0.0714. The number of carbonyl (C=O) groups is 1. The van der Waals surface area contributed by atoms with E-state index in [2.05, 4.69) is 4.74 Å². The van der Waals surface area contributed by atoms with Crippen LogP contribution >= 0.6 is 0 Å². The fourth-order valence-electron chi connectivity index (χ4n) is 1.87. The maximum absolute atomic E-state index is 13.8. The van der Waals surface area contributed by atoms with E-state index in [1.165, 1.54) is 24.3 Å². The topological polar surface area (TPSA) is 69.4 Å². The second-order valence-corrected chi connectivity index (χ2v) is 4.08. The molecule has 0 radical (unpaired) electrons. The summed E-state index contributed by atoms with van der Waals surface area (Å²) in [6.45, 7) is 0. The van der Waals surface area contributed by atoms with Gasteiger partial charge in [-0.25, -0.2) is 13.6 Å². The highest BCUT2D eigenvalue weighted by Gasteiger charge is 2.22. The summed E-state index contributed by atoms with van der Waals surface area (Å²) in [4.78, 5) is 21.7. The number of nitrogens with zero attached hydrogens (tertiary/aromatic N) is 1. The zero-order valence-electron chi connectivity index (χ0n) is 10.8. The Hall–Kier alpha value is -2.83. The van der Waals surface area contributed by atoms with Crippen LogP contribution in [-0.2, 0) is 4.74 Å². The third-order valence-corrected chi connectivity index (χ3v) is 2.86. The van der Waals surface area contributed by atoms with E-state index >= 15 is 0 Å². The average Bonchev–Trinajstić information content (AvgIpc) is 2.48. The minimum absolute atomic E-state index is 0.0511. The molecule has 0 aliphatic rings. The minimum Gasteiger partial charge on any atom is -0.465 e. The third-order valence-electron chi connectivity index (χ3n) is 2.86. The van der Waals surface area contributed by atoms with Crippen molar-refractivity contribution in [2.45, 2.75) is 0 Å². The van der Waals surface area contributed by atoms with Gasteiger partial charge in [0.25, 0.3) is 5.69 Å². The maximum atomic E-state index is 13.8. The van der Waals surface area contributed by atoms with Crippen LogP contribution in [0, 0.1) is 21.7 Å². The van der Waals surface area contributed by atoms with E-state index in [-0.39, 0.29) is 16.7 Å². The second-order valence-electron chi connectivity index (χ2n) is 4.08. The number of benzene rings is 2. The van der Waals surface area contributed by atoms with Crippen LogP contribution in [0.15, 0.2) is 36.4 Å². The van der Waals surface area contributed by atoms with Gasteiger partial charge in [-0.3, -0.25) is 10.1 Å². The van der Waals surface area contributed by atoms with E-state index in [0.29, 0.717) is 0 Å². The standard InChI is InChI=1S/C14H9F2NO4/c1-21-14(18)8-5-6-9(12(7-8)17(19)20)10-3-2-4-11(15)13(10)16/h2-7H,1H3. The molecule has 7 heteroatoms. The second kappa shape index (κ2) is 5.66. The predicted molar refractivity (Wildman–Crippen MR) is 69.8 cm³/mol. The molecule has 2 aromatic rings. The van der Waals surface area contributed by atoms with E-state index in [1.807, 2.05) is 0 Å². The molecule has 0 aliphatic heterocycles. The van der Waals surface area contributed by atoms with Crippen molar-refractivity contribution in [2.24, 2.45) is 0 Å². The van der Waals surface area contributed by atoms with Gasteiger partial charge in [-0.15, -0.1) is 0 Å². The summed E-state index contributed by atoms with van der Waals surface area (Å²) >= 11 is 0. The van der Waals surface area contributed by atoms with Gasteiger partial charge in [0.1, 0.15) is 0 Å². The lowest BCUT2D eigenvalue weighted by molar-refractivity contribution is -0.384. The van der Waals surface area contributed by atoms with Gasteiger partial charge in [-0.05, 0) is 18.2 Å². The van der Waals surface area contributed by atoms with Gasteiger partial charge in [0.2, 0.25) is 0 Å². The Balaban J connectivity index is 2.66. The largest absolute Gasteiger partial charge is 0.465 e. The number of nitro groups is 1. The highest BCUT2D eigenvalue weighted by Crippen LogP contribution is 2.33. The lowest BCUT2D eigenvalue weighted by atomic mass is 10.0. The number of rotatable bonds is 3. The lowest BCUT2D eigenvalue weighted by Gasteiger charge is -2.07. The molecule has 5 nitrogen and oxygen atoms in total. The Kier molecular flexibility index (Phi) is 3.93. The van der Waals surface area contributed by atoms with Crippen LogP contribution in [-0.4, -0.2) is 18.0 Å². The van der Waals surface area contributed by atoms with Gasteiger partial charge < -0.3 is 4.74 Å². The summed E-state index contributed by atoms with van der Waals surface area (Å²) in [7, 11) is 1.13. The predicted octanol–water partition coefficient (Wildman–Crippen LogP) is 3.33. The molecular weight excluding hydrogens is 284 g/mol. The molecule has 0 atom stereocenters. The fourth-order valence-corrected chi connectivity index (χ4v) is 1.87. The van der Waals surface area contributed by atoms with Crippen LogP contribution in [0.1, 0.15) is 10.4 Å². The van der Waals surface area contributed by atoms with Crippen molar-refractivity contribution in [1.29, 1.82) is 0 Å².